The molecule has 0 radical (unpaired) electrons. The number of carbonyl (C=O) groups is 1. The number of hydrogen-bond donors (Lipinski definition) is 2. The summed E-state index contributed by atoms with van der Waals surface area (Å²) in [5, 5.41) is 8.67. The highest BCUT2D eigenvalue weighted by molar-refractivity contribution is 7.89. The molecule has 1 aliphatic rings. The number of sulfonamides is 1. The number of carboxylic acids is 1. The second-order valence-electron chi connectivity index (χ2n) is 5.22. The van der Waals surface area contributed by atoms with E-state index in [9.17, 15) is 13.2 Å². The summed E-state index contributed by atoms with van der Waals surface area (Å²) in [5.41, 5.74) is 0.590. The molecule has 20 heavy (non-hydrogen) atoms. The summed E-state index contributed by atoms with van der Waals surface area (Å²) < 4.78 is 26.8. The molecule has 2 N–H and O–H groups in total. The number of carboxylic acid groups (broad SMARTS) is 1. The molecule has 5 nitrogen and oxygen atoms in total. The lowest BCUT2D eigenvalue weighted by Crippen LogP contribution is -2.28. The van der Waals surface area contributed by atoms with Crippen LogP contribution in [0.2, 0.25) is 0 Å². The Balaban J connectivity index is 1.99. The van der Waals surface area contributed by atoms with Gasteiger partial charge in [-0.05, 0) is 36.5 Å². The number of aliphatic carboxylic acids is 1. The van der Waals surface area contributed by atoms with Crippen molar-refractivity contribution in [3.05, 3.63) is 29.8 Å². The van der Waals surface area contributed by atoms with Crippen molar-refractivity contribution in [2.75, 3.05) is 6.54 Å². The van der Waals surface area contributed by atoms with E-state index in [2.05, 4.69) is 4.72 Å². The van der Waals surface area contributed by atoms with E-state index in [4.69, 9.17) is 5.11 Å². The zero-order valence-electron chi connectivity index (χ0n) is 11.2. The summed E-state index contributed by atoms with van der Waals surface area (Å²) in [7, 11) is -3.49. The molecule has 0 heterocycles. The van der Waals surface area contributed by atoms with Gasteiger partial charge in [0.2, 0.25) is 10.0 Å². The van der Waals surface area contributed by atoms with Crippen LogP contribution in [0, 0.1) is 5.92 Å². The van der Waals surface area contributed by atoms with Crippen molar-refractivity contribution in [3.8, 4) is 0 Å². The van der Waals surface area contributed by atoms with Gasteiger partial charge in [-0.2, -0.15) is 0 Å². The highest BCUT2D eigenvalue weighted by Gasteiger charge is 2.19. The first-order chi connectivity index (χ1) is 9.47. The maximum atomic E-state index is 12.1. The molecule has 0 aromatic heterocycles. The largest absolute Gasteiger partial charge is 0.481 e. The lowest BCUT2D eigenvalue weighted by atomic mass is 10.1. The van der Waals surface area contributed by atoms with Crippen LogP contribution in [0.1, 0.15) is 31.2 Å². The first-order valence-electron chi connectivity index (χ1n) is 6.78. The van der Waals surface area contributed by atoms with Gasteiger partial charge in [0.1, 0.15) is 0 Å². The summed E-state index contributed by atoms with van der Waals surface area (Å²) in [6.45, 7) is 0.485. The minimum absolute atomic E-state index is 0.101. The molecule has 0 spiro atoms. The fourth-order valence-electron chi connectivity index (χ4n) is 2.49. The van der Waals surface area contributed by atoms with E-state index in [0.29, 0.717) is 18.0 Å². The quantitative estimate of drug-likeness (QED) is 0.838. The molecule has 0 unspecified atom stereocenters. The monoisotopic (exact) mass is 297 g/mol. The van der Waals surface area contributed by atoms with Gasteiger partial charge in [0.15, 0.2) is 0 Å². The lowest BCUT2D eigenvalue weighted by molar-refractivity contribution is -0.136. The lowest BCUT2D eigenvalue weighted by Gasteiger charge is -2.11. The Hall–Kier alpha value is -1.40. The molecule has 2 rings (SSSR count). The van der Waals surface area contributed by atoms with Crippen molar-refractivity contribution in [1.82, 2.24) is 4.72 Å². The van der Waals surface area contributed by atoms with E-state index in [-0.39, 0.29) is 11.3 Å². The van der Waals surface area contributed by atoms with E-state index in [1.54, 1.807) is 0 Å². The Kier molecular flexibility index (Phi) is 4.77. The molecule has 1 fully saturated rings. The maximum absolute atomic E-state index is 12.1. The van der Waals surface area contributed by atoms with Gasteiger partial charge in [0.05, 0.1) is 11.3 Å². The molecule has 0 amide bonds. The predicted octanol–water partition coefficient (Wildman–Crippen LogP) is 1.78. The first kappa shape index (κ1) is 15.0. The van der Waals surface area contributed by atoms with Gasteiger partial charge in [-0.25, -0.2) is 13.1 Å². The van der Waals surface area contributed by atoms with Crippen molar-refractivity contribution < 1.29 is 18.3 Å². The van der Waals surface area contributed by atoms with Crippen LogP contribution in [-0.2, 0) is 21.2 Å². The van der Waals surface area contributed by atoms with E-state index < -0.39 is 16.0 Å². The highest BCUT2D eigenvalue weighted by atomic mass is 32.2. The van der Waals surface area contributed by atoms with Crippen LogP contribution in [0.3, 0.4) is 0 Å². The highest BCUT2D eigenvalue weighted by Crippen LogP contribution is 2.24. The van der Waals surface area contributed by atoms with E-state index in [1.807, 2.05) is 0 Å². The summed E-state index contributed by atoms with van der Waals surface area (Å²) in [4.78, 5) is 10.8. The Morgan fingerprint density at radius 2 is 1.80 bits per heavy atom. The number of nitrogens with one attached hydrogen (secondary N) is 1. The topological polar surface area (TPSA) is 83.5 Å². The summed E-state index contributed by atoms with van der Waals surface area (Å²) in [6.07, 6.45) is 4.42. The third-order valence-corrected chi connectivity index (χ3v) is 5.07. The second kappa shape index (κ2) is 6.37. The molecule has 1 aliphatic carbocycles. The Labute approximate surface area is 119 Å². The van der Waals surface area contributed by atoms with Crippen LogP contribution in [0.15, 0.2) is 29.2 Å². The summed E-state index contributed by atoms with van der Waals surface area (Å²) >= 11 is 0. The van der Waals surface area contributed by atoms with Crippen molar-refractivity contribution in [2.24, 2.45) is 5.92 Å². The van der Waals surface area contributed by atoms with Gasteiger partial charge in [-0.1, -0.05) is 25.0 Å². The normalized spacial score (nSPS) is 16.4. The van der Waals surface area contributed by atoms with Crippen LogP contribution < -0.4 is 4.72 Å². The average molecular weight is 297 g/mol. The molecule has 0 bridgehead atoms. The molecule has 110 valence electrons. The van der Waals surface area contributed by atoms with Crippen LogP contribution in [-0.4, -0.2) is 26.0 Å². The Bertz CT molecular complexity index is 559. The molecule has 6 heteroatoms. The Morgan fingerprint density at radius 1 is 1.20 bits per heavy atom. The van der Waals surface area contributed by atoms with E-state index in [0.717, 1.165) is 12.8 Å². The summed E-state index contributed by atoms with van der Waals surface area (Å²) in [6, 6.07) is 5.99. The molecule has 1 aromatic rings. The maximum Gasteiger partial charge on any atom is 0.307 e. The molecule has 1 saturated carbocycles. The third kappa shape index (κ3) is 4.05. The molecule has 0 aliphatic heterocycles. The second-order valence-corrected chi connectivity index (χ2v) is 6.98. The zero-order valence-corrected chi connectivity index (χ0v) is 12.0. The Morgan fingerprint density at radius 3 is 2.35 bits per heavy atom. The van der Waals surface area contributed by atoms with Crippen LogP contribution in [0.25, 0.3) is 0 Å². The molecular weight excluding hydrogens is 278 g/mol. The minimum Gasteiger partial charge on any atom is -0.481 e. The van der Waals surface area contributed by atoms with Gasteiger partial charge in [0.25, 0.3) is 0 Å². The van der Waals surface area contributed by atoms with Crippen molar-refractivity contribution in [3.63, 3.8) is 0 Å². The minimum atomic E-state index is -3.49. The van der Waals surface area contributed by atoms with Crippen LogP contribution >= 0.6 is 0 Å². The number of rotatable bonds is 6. The summed E-state index contributed by atoms with van der Waals surface area (Å²) in [5.74, 6) is -0.490. The van der Waals surface area contributed by atoms with Crippen LogP contribution in [0.5, 0.6) is 0 Å². The fraction of sp³-hybridized carbons (Fsp3) is 0.500. The molecule has 1 aromatic carbocycles. The van der Waals surface area contributed by atoms with Crippen molar-refractivity contribution in [1.29, 1.82) is 0 Å². The van der Waals surface area contributed by atoms with E-state index >= 15 is 0 Å². The number of benzene rings is 1. The predicted molar refractivity (Wildman–Crippen MR) is 74.9 cm³/mol. The third-order valence-electron chi connectivity index (χ3n) is 3.63. The van der Waals surface area contributed by atoms with E-state index in [1.165, 1.54) is 37.1 Å². The van der Waals surface area contributed by atoms with Crippen molar-refractivity contribution >= 4 is 16.0 Å². The standard InChI is InChI=1S/C14H19NO4S/c16-14(17)9-11-5-7-13(8-6-11)20(18,19)15-10-12-3-1-2-4-12/h5-8,12,15H,1-4,9-10H2,(H,16,17). The van der Waals surface area contributed by atoms with Gasteiger partial charge < -0.3 is 5.11 Å². The fourth-order valence-corrected chi connectivity index (χ4v) is 3.60. The molecular formula is C14H19NO4S. The SMILES string of the molecule is O=C(O)Cc1ccc(S(=O)(=O)NCC2CCCC2)cc1. The average Bonchev–Trinajstić information content (AvgIpc) is 2.89. The first-order valence-corrected chi connectivity index (χ1v) is 8.26. The van der Waals surface area contributed by atoms with Crippen LogP contribution in [0.4, 0.5) is 0 Å². The van der Waals surface area contributed by atoms with Gasteiger partial charge in [-0.3, -0.25) is 4.79 Å². The van der Waals surface area contributed by atoms with Gasteiger partial charge in [-0.15, -0.1) is 0 Å². The smallest absolute Gasteiger partial charge is 0.307 e. The zero-order chi connectivity index (χ0) is 14.6. The number of hydrogen-bond acceptors (Lipinski definition) is 3. The van der Waals surface area contributed by atoms with Gasteiger partial charge >= 0.3 is 5.97 Å². The molecule has 0 atom stereocenters. The molecule has 0 saturated heterocycles. The van der Waals surface area contributed by atoms with Crippen molar-refractivity contribution in [2.45, 2.75) is 37.0 Å². The van der Waals surface area contributed by atoms with Gasteiger partial charge in [0, 0.05) is 6.54 Å².